The van der Waals surface area contributed by atoms with Crippen LogP contribution < -0.4 is 5.32 Å². The summed E-state index contributed by atoms with van der Waals surface area (Å²) < 4.78 is 0. The van der Waals surface area contributed by atoms with Crippen molar-refractivity contribution in [3.8, 4) is 0 Å². The van der Waals surface area contributed by atoms with Crippen molar-refractivity contribution >= 4 is 11.9 Å². The summed E-state index contributed by atoms with van der Waals surface area (Å²) in [5.41, 5.74) is -0.322. The van der Waals surface area contributed by atoms with Gasteiger partial charge in [-0.05, 0) is 19.3 Å². The molecule has 0 radical (unpaired) electrons. The molecule has 0 atom stereocenters. The number of aliphatic hydroxyl groups is 1. The number of carboxylic acid groups (broad SMARTS) is 1. The summed E-state index contributed by atoms with van der Waals surface area (Å²) >= 11 is 0. The molecule has 0 aromatic carbocycles. The van der Waals surface area contributed by atoms with Gasteiger partial charge in [-0.25, -0.2) is 9.78 Å². The smallest absolute Gasteiger partial charge is 0.354 e. The molecule has 1 aromatic rings. The molecule has 7 nitrogen and oxygen atoms in total. The van der Waals surface area contributed by atoms with Crippen LogP contribution in [-0.2, 0) is 0 Å². The molecule has 0 saturated carbocycles. The van der Waals surface area contributed by atoms with Gasteiger partial charge < -0.3 is 20.5 Å². The van der Waals surface area contributed by atoms with E-state index in [1.54, 1.807) is 0 Å². The maximum absolute atomic E-state index is 11.6. The average molecular weight is 241 g/mol. The zero-order chi connectivity index (χ0) is 12.7. The summed E-state index contributed by atoms with van der Waals surface area (Å²) in [6, 6.07) is 0. The van der Waals surface area contributed by atoms with Crippen molar-refractivity contribution < 1.29 is 19.8 Å². The number of H-pyrrole nitrogens is 1. The molecule has 1 aromatic heterocycles. The summed E-state index contributed by atoms with van der Waals surface area (Å²) in [7, 11) is 0. The van der Waals surface area contributed by atoms with Crippen LogP contribution in [-0.4, -0.2) is 45.2 Å². The van der Waals surface area contributed by atoms with Gasteiger partial charge in [0.1, 0.15) is 0 Å². The molecule has 0 aliphatic carbocycles. The lowest BCUT2D eigenvalue weighted by atomic mass is 10.2. The van der Waals surface area contributed by atoms with Crippen LogP contribution in [0.2, 0.25) is 0 Å². The number of carbonyl (C=O) groups excluding carboxylic acids is 1. The summed E-state index contributed by atoms with van der Waals surface area (Å²) in [5.74, 6) is -1.72. The first-order valence-corrected chi connectivity index (χ1v) is 5.32. The third-order valence-corrected chi connectivity index (χ3v) is 2.19. The van der Waals surface area contributed by atoms with Crippen LogP contribution >= 0.6 is 0 Å². The maximum Gasteiger partial charge on any atom is 0.354 e. The normalized spacial score (nSPS) is 10.2. The molecule has 0 aliphatic rings. The van der Waals surface area contributed by atoms with Crippen molar-refractivity contribution in [3.63, 3.8) is 0 Å². The zero-order valence-corrected chi connectivity index (χ0v) is 9.27. The Morgan fingerprint density at radius 2 is 2.12 bits per heavy atom. The van der Waals surface area contributed by atoms with Crippen LogP contribution in [0.15, 0.2) is 6.33 Å². The van der Waals surface area contributed by atoms with Crippen molar-refractivity contribution in [2.75, 3.05) is 13.2 Å². The van der Waals surface area contributed by atoms with E-state index < -0.39 is 11.9 Å². The van der Waals surface area contributed by atoms with Gasteiger partial charge in [-0.2, -0.15) is 0 Å². The fraction of sp³-hybridized carbons (Fsp3) is 0.500. The first kappa shape index (κ1) is 13.2. The molecular weight excluding hydrogens is 226 g/mol. The number of aliphatic hydroxyl groups excluding tert-OH is 1. The van der Waals surface area contributed by atoms with Crippen LogP contribution in [0.25, 0.3) is 0 Å². The highest BCUT2D eigenvalue weighted by Gasteiger charge is 2.18. The molecule has 1 heterocycles. The average Bonchev–Trinajstić information content (AvgIpc) is 2.77. The predicted octanol–water partition coefficient (Wildman–Crippen LogP) is 0.000300. The number of nitrogens with one attached hydrogen (secondary N) is 2. The minimum atomic E-state index is -1.21. The van der Waals surface area contributed by atoms with Gasteiger partial charge in [0.2, 0.25) is 0 Å². The molecule has 1 rings (SSSR count). The Balaban J connectivity index is 2.42. The molecule has 1 amide bonds. The van der Waals surface area contributed by atoms with Crippen LogP contribution in [0.4, 0.5) is 0 Å². The summed E-state index contributed by atoms with van der Waals surface area (Å²) in [5, 5.41) is 19.9. The number of aromatic nitrogens is 2. The second kappa shape index (κ2) is 6.64. The summed E-state index contributed by atoms with van der Waals surface area (Å²) in [6.45, 7) is 0.571. The Hall–Kier alpha value is -1.89. The number of carboxylic acids is 1. The number of rotatable bonds is 7. The van der Waals surface area contributed by atoms with Gasteiger partial charge in [0, 0.05) is 13.2 Å². The molecule has 0 spiro atoms. The number of carbonyl (C=O) groups is 2. The van der Waals surface area contributed by atoms with Gasteiger partial charge in [-0.3, -0.25) is 4.79 Å². The van der Waals surface area contributed by atoms with Crippen molar-refractivity contribution in [3.05, 3.63) is 17.7 Å². The van der Waals surface area contributed by atoms with E-state index in [1.165, 1.54) is 6.33 Å². The van der Waals surface area contributed by atoms with E-state index in [2.05, 4.69) is 15.3 Å². The molecule has 94 valence electrons. The van der Waals surface area contributed by atoms with Gasteiger partial charge in [0.05, 0.1) is 6.33 Å². The molecule has 0 unspecified atom stereocenters. The Labute approximate surface area is 97.9 Å². The number of hydrogen-bond donors (Lipinski definition) is 4. The van der Waals surface area contributed by atoms with E-state index in [0.29, 0.717) is 13.0 Å². The second-order valence-electron chi connectivity index (χ2n) is 3.47. The molecule has 0 saturated heterocycles. The van der Waals surface area contributed by atoms with Crippen LogP contribution in [0.1, 0.15) is 40.2 Å². The van der Waals surface area contributed by atoms with Crippen molar-refractivity contribution in [1.29, 1.82) is 0 Å². The minimum absolute atomic E-state index is 0.111. The summed E-state index contributed by atoms with van der Waals surface area (Å²) in [4.78, 5) is 28.3. The van der Waals surface area contributed by atoms with Gasteiger partial charge >= 0.3 is 5.97 Å². The van der Waals surface area contributed by atoms with Crippen LogP contribution in [0, 0.1) is 0 Å². The molecular formula is C10H15N3O4. The van der Waals surface area contributed by atoms with Gasteiger partial charge in [-0.15, -0.1) is 0 Å². The van der Waals surface area contributed by atoms with E-state index >= 15 is 0 Å². The lowest BCUT2D eigenvalue weighted by Crippen LogP contribution is -2.26. The first-order valence-electron chi connectivity index (χ1n) is 5.32. The van der Waals surface area contributed by atoms with Gasteiger partial charge in [0.15, 0.2) is 11.4 Å². The van der Waals surface area contributed by atoms with E-state index in [-0.39, 0.29) is 18.0 Å². The highest BCUT2D eigenvalue weighted by atomic mass is 16.4. The fourth-order valence-corrected chi connectivity index (χ4v) is 1.33. The van der Waals surface area contributed by atoms with Crippen molar-refractivity contribution in [1.82, 2.24) is 15.3 Å². The van der Waals surface area contributed by atoms with Gasteiger partial charge in [0.25, 0.3) is 5.91 Å². The number of imidazole rings is 1. The maximum atomic E-state index is 11.6. The fourth-order valence-electron chi connectivity index (χ4n) is 1.33. The Bertz CT molecular complexity index is 389. The first-order chi connectivity index (χ1) is 8.16. The molecule has 7 heteroatoms. The van der Waals surface area contributed by atoms with Crippen LogP contribution in [0.5, 0.6) is 0 Å². The number of unbranched alkanes of at least 4 members (excludes halogenated alkanes) is 2. The lowest BCUT2D eigenvalue weighted by Gasteiger charge is -2.03. The van der Waals surface area contributed by atoms with E-state index in [1.807, 2.05) is 0 Å². The zero-order valence-electron chi connectivity index (χ0n) is 9.27. The van der Waals surface area contributed by atoms with Gasteiger partial charge in [-0.1, -0.05) is 0 Å². The number of aromatic carboxylic acids is 1. The topological polar surface area (TPSA) is 115 Å². The molecule has 17 heavy (non-hydrogen) atoms. The molecule has 0 aliphatic heterocycles. The van der Waals surface area contributed by atoms with E-state index in [0.717, 1.165) is 12.8 Å². The molecule has 0 bridgehead atoms. The third kappa shape index (κ3) is 3.87. The number of amides is 1. The summed E-state index contributed by atoms with van der Waals surface area (Å²) in [6.07, 6.45) is 3.41. The number of hydrogen-bond acceptors (Lipinski definition) is 4. The SMILES string of the molecule is O=C(NCCCCCO)c1nc[nH]c1C(=O)O. The second-order valence-corrected chi connectivity index (χ2v) is 3.47. The van der Waals surface area contributed by atoms with E-state index in [9.17, 15) is 9.59 Å². The third-order valence-electron chi connectivity index (χ3n) is 2.19. The number of nitrogens with zero attached hydrogens (tertiary/aromatic N) is 1. The minimum Gasteiger partial charge on any atom is -0.477 e. The monoisotopic (exact) mass is 241 g/mol. The largest absolute Gasteiger partial charge is 0.477 e. The molecule has 0 fully saturated rings. The van der Waals surface area contributed by atoms with E-state index in [4.69, 9.17) is 10.2 Å². The Kier molecular flexibility index (Phi) is 5.15. The molecule has 4 N–H and O–H groups in total. The van der Waals surface area contributed by atoms with Crippen molar-refractivity contribution in [2.24, 2.45) is 0 Å². The lowest BCUT2D eigenvalue weighted by molar-refractivity contribution is 0.0685. The quantitative estimate of drug-likeness (QED) is 0.501. The number of aromatic amines is 1. The predicted molar refractivity (Wildman–Crippen MR) is 58.8 cm³/mol. The van der Waals surface area contributed by atoms with Crippen LogP contribution in [0.3, 0.4) is 0 Å². The van der Waals surface area contributed by atoms with Crippen molar-refractivity contribution in [2.45, 2.75) is 19.3 Å². The highest BCUT2D eigenvalue weighted by Crippen LogP contribution is 2.02. The highest BCUT2D eigenvalue weighted by molar-refractivity contribution is 6.02. The Morgan fingerprint density at radius 1 is 1.35 bits per heavy atom. The Morgan fingerprint density at radius 3 is 2.76 bits per heavy atom. The standard InChI is InChI=1S/C10H15N3O4/c14-5-3-1-2-4-11-9(15)7-8(10(16)17)13-6-12-7/h6,14H,1-5H2,(H,11,15)(H,12,13)(H,16,17).